The smallest absolute Gasteiger partial charge is 0.335 e. The number of nitrogens with zero attached hydrogens (tertiary/aromatic N) is 1. The van der Waals surface area contributed by atoms with Crippen LogP contribution in [0.15, 0.2) is 18.2 Å². The number of carboxylic acids is 1. The van der Waals surface area contributed by atoms with Crippen LogP contribution >= 0.6 is 0 Å². The fraction of sp³-hybridized carbons (Fsp3) is 0.429. The topological polar surface area (TPSA) is 80.7 Å². The maximum absolute atomic E-state index is 11.9. The van der Waals surface area contributed by atoms with Gasteiger partial charge in [-0.15, -0.1) is 0 Å². The number of carboxylic acid groups (broad SMARTS) is 1. The van der Waals surface area contributed by atoms with Gasteiger partial charge in [0.05, 0.1) is 5.56 Å². The molecule has 5 nitrogen and oxygen atoms in total. The Morgan fingerprint density at radius 2 is 2.11 bits per heavy atom. The number of aromatic carboxylic acids is 1. The van der Waals surface area contributed by atoms with E-state index >= 15 is 0 Å². The summed E-state index contributed by atoms with van der Waals surface area (Å²) in [6.45, 7) is 1.07. The van der Waals surface area contributed by atoms with Crippen molar-refractivity contribution < 1.29 is 19.8 Å². The third-order valence-corrected chi connectivity index (χ3v) is 3.32. The van der Waals surface area contributed by atoms with Gasteiger partial charge in [0, 0.05) is 19.5 Å². The van der Waals surface area contributed by atoms with Crippen molar-refractivity contribution in [3.63, 3.8) is 0 Å². The van der Waals surface area contributed by atoms with Gasteiger partial charge in [0.2, 0.25) is 5.91 Å². The molecule has 0 unspecified atom stereocenters. The van der Waals surface area contributed by atoms with Crippen molar-refractivity contribution in [2.75, 3.05) is 6.54 Å². The Hall–Kier alpha value is -2.04. The summed E-state index contributed by atoms with van der Waals surface area (Å²) >= 11 is 0. The molecule has 0 aliphatic carbocycles. The lowest BCUT2D eigenvalue weighted by Crippen LogP contribution is -2.29. The molecule has 0 radical (unpaired) electrons. The highest BCUT2D eigenvalue weighted by molar-refractivity contribution is 5.90. The van der Waals surface area contributed by atoms with Crippen LogP contribution in [0.5, 0.6) is 5.75 Å². The van der Waals surface area contributed by atoms with Gasteiger partial charge in [0.25, 0.3) is 0 Å². The number of hydrogen-bond acceptors (Lipinski definition) is 3. The monoisotopic (exact) mass is 262 g/mol. The fourth-order valence-corrected chi connectivity index (χ4v) is 2.27. The molecule has 1 fully saturated rings. The van der Waals surface area contributed by atoms with E-state index in [1.165, 1.54) is 12.1 Å². The molecule has 1 aliphatic heterocycles. The Bertz CT molecular complexity index is 498. The van der Waals surface area contributed by atoms with Crippen LogP contribution in [0.25, 0.3) is 0 Å². The molecule has 1 aromatic carbocycles. The molecule has 0 atom stereocenters. The lowest BCUT2D eigenvalue weighted by Gasteiger charge is -2.21. The Morgan fingerprint density at radius 1 is 1.32 bits per heavy atom. The van der Waals surface area contributed by atoms with Gasteiger partial charge >= 0.3 is 5.97 Å². The Balaban J connectivity index is 2.16. The standard InChI is InChI=1S/C14H17NO4/c16-12-6-5-10(8-11(12)14(18)19)9-15-7-3-1-2-4-13(15)17/h5-6,8,16H,1-4,7,9H2,(H,18,19)/p-1. The first-order valence-electron chi connectivity index (χ1n) is 6.39. The lowest BCUT2D eigenvalue weighted by molar-refractivity contribution is -0.268. The molecule has 5 heteroatoms. The van der Waals surface area contributed by atoms with E-state index in [4.69, 9.17) is 5.11 Å². The number of likely N-dealkylation sites (tertiary alicyclic amines) is 1. The third kappa shape index (κ3) is 3.24. The van der Waals surface area contributed by atoms with Crippen molar-refractivity contribution >= 4 is 11.9 Å². The van der Waals surface area contributed by atoms with E-state index in [1.54, 1.807) is 11.0 Å². The highest BCUT2D eigenvalue weighted by Crippen LogP contribution is 2.19. The second kappa shape index (κ2) is 5.73. The summed E-state index contributed by atoms with van der Waals surface area (Å²) < 4.78 is 0. The van der Waals surface area contributed by atoms with Crippen LogP contribution in [0, 0.1) is 0 Å². The fourth-order valence-electron chi connectivity index (χ4n) is 2.27. The van der Waals surface area contributed by atoms with Gasteiger partial charge in [-0.2, -0.15) is 0 Å². The summed E-state index contributed by atoms with van der Waals surface area (Å²) in [4.78, 5) is 24.5. The lowest BCUT2D eigenvalue weighted by atomic mass is 10.1. The molecule has 1 amide bonds. The second-order valence-electron chi connectivity index (χ2n) is 4.76. The van der Waals surface area contributed by atoms with E-state index in [-0.39, 0.29) is 11.5 Å². The van der Waals surface area contributed by atoms with E-state index in [0.717, 1.165) is 19.3 Å². The van der Waals surface area contributed by atoms with Gasteiger partial charge in [-0.05, 0) is 24.5 Å². The summed E-state index contributed by atoms with van der Waals surface area (Å²) in [5, 5.41) is 20.3. The van der Waals surface area contributed by atoms with Crippen molar-refractivity contribution in [1.82, 2.24) is 4.90 Å². The first-order valence-corrected chi connectivity index (χ1v) is 6.39. The van der Waals surface area contributed by atoms with Crippen molar-refractivity contribution in [3.8, 4) is 5.75 Å². The maximum atomic E-state index is 11.9. The first-order chi connectivity index (χ1) is 9.08. The van der Waals surface area contributed by atoms with Gasteiger partial charge in [0.15, 0.2) is 0 Å². The molecule has 1 heterocycles. The van der Waals surface area contributed by atoms with Crippen LogP contribution in [0.3, 0.4) is 0 Å². The highest BCUT2D eigenvalue weighted by Gasteiger charge is 2.17. The van der Waals surface area contributed by atoms with Crippen molar-refractivity contribution in [2.24, 2.45) is 0 Å². The van der Waals surface area contributed by atoms with Crippen LogP contribution in [-0.4, -0.2) is 28.4 Å². The zero-order valence-corrected chi connectivity index (χ0v) is 10.6. The Labute approximate surface area is 111 Å². The summed E-state index contributed by atoms with van der Waals surface area (Å²) in [7, 11) is 0. The van der Waals surface area contributed by atoms with Gasteiger partial charge in [-0.1, -0.05) is 24.3 Å². The molecule has 19 heavy (non-hydrogen) atoms. The predicted molar refractivity (Wildman–Crippen MR) is 66.7 cm³/mol. The average Bonchev–Trinajstić information content (AvgIpc) is 2.57. The largest absolute Gasteiger partial charge is 0.872 e. The van der Waals surface area contributed by atoms with Gasteiger partial charge < -0.3 is 15.1 Å². The van der Waals surface area contributed by atoms with Crippen LogP contribution < -0.4 is 5.11 Å². The molecular formula is C14H16NO4-. The van der Waals surface area contributed by atoms with Crippen LogP contribution in [0.4, 0.5) is 0 Å². The molecule has 2 rings (SSSR count). The quantitative estimate of drug-likeness (QED) is 0.891. The SMILES string of the molecule is O=C(O)c1cc(CN2CCCCCC2=O)ccc1[O-]. The van der Waals surface area contributed by atoms with Gasteiger partial charge in [0.1, 0.15) is 0 Å². The molecule has 0 aromatic heterocycles. The van der Waals surface area contributed by atoms with E-state index in [0.29, 0.717) is 25.1 Å². The van der Waals surface area contributed by atoms with Crippen molar-refractivity contribution in [3.05, 3.63) is 29.3 Å². The summed E-state index contributed by atoms with van der Waals surface area (Å²) in [5.74, 6) is -1.63. The Morgan fingerprint density at radius 3 is 2.84 bits per heavy atom. The maximum Gasteiger partial charge on any atom is 0.335 e. The van der Waals surface area contributed by atoms with E-state index in [2.05, 4.69) is 0 Å². The summed E-state index contributed by atoms with van der Waals surface area (Å²) in [6, 6.07) is 4.21. The molecule has 102 valence electrons. The van der Waals surface area contributed by atoms with Crippen molar-refractivity contribution in [2.45, 2.75) is 32.2 Å². The van der Waals surface area contributed by atoms with E-state index < -0.39 is 11.7 Å². The normalized spacial score (nSPS) is 16.2. The Kier molecular flexibility index (Phi) is 4.04. The van der Waals surface area contributed by atoms with E-state index in [1.807, 2.05) is 0 Å². The second-order valence-corrected chi connectivity index (χ2v) is 4.76. The zero-order chi connectivity index (χ0) is 13.8. The molecule has 1 saturated heterocycles. The minimum absolute atomic E-state index is 0.0978. The molecule has 1 aromatic rings. The van der Waals surface area contributed by atoms with Crippen LogP contribution in [0.1, 0.15) is 41.6 Å². The number of carbonyl (C=O) groups is 2. The molecule has 1 aliphatic rings. The predicted octanol–water partition coefficient (Wildman–Crippen LogP) is 1.36. The van der Waals surface area contributed by atoms with Crippen LogP contribution in [-0.2, 0) is 11.3 Å². The minimum atomic E-state index is -1.23. The first kappa shape index (κ1) is 13.4. The minimum Gasteiger partial charge on any atom is -0.872 e. The highest BCUT2D eigenvalue weighted by atomic mass is 16.4. The number of carbonyl (C=O) groups excluding carboxylic acids is 1. The molecular weight excluding hydrogens is 246 g/mol. The van der Waals surface area contributed by atoms with Crippen LogP contribution in [0.2, 0.25) is 0 Å². The molecule has 0 bridgehead atoms. The van der Waals surface area contributed by atoms with Gasteiger partial charge in [-0.25, -0.2) is 4.79 Å². The molecule has 0 saturated carbocycles. The molecule has 0 spiro atoms. The van der Waals surface area contributed by atoms with Crippen molar-refractivity contribution in [1.29, 1.82) is 0 Å². The van der Waals surface area contributed by atoms with E-state index in [9.17, 15) is 14.7 Å². The number of amides is 1. The summed E-state index contributed by atoms with van der Waals surface area (Å²) in [6.07, 6.45) is 3.47. The number of rotatable bonds is 3. The molecule has 1 N–H and O–H groups in total. The zero-order valence-electron chi connectivity index (χ0n) is 10.6. The third-order valence-electron chi connectivity index (χ3n) is 3.32. The summed E-state index contributed by atoms with van der Waals surface area (Å²) in [5.41, 5.74) is 0.451. The number of hydrogen-bond donors (Lipinski definition) is 1. The average molecular weight is 262 g/mol. The number of benzene rings is 1. The van der Waals surface area contributed by atoms with Gasteiger partial charge in [-0.3, -0.25) is 4.79 Å².